The fraction of sp³-hybridized carbons (Fsp3) is 0.455. The molecule has 214 valence electrons. The molecule has 4 aliphatic rings. The summed E-state index contributed by atoms with van der Waals surface area (Å²) in [5.41, 5.74) is 3.78. The van der Waals surface area contributed by atoms with Crippen LogP contribution >= 0.6 is 0 Å². The van der Waals surface area contributed by atoms with Crippen molar-refractivity contribution in [3.63, 3.8) is 0 Å². The number of Topliss-reactive ketones (excluding diaryl/α,β-unsaturated/α-hetero) is 1. The van der Waals surface area contributed by atoms with Gasteiger partial charge in [0.15, 0.2) is 11.5 Å². The second kappa shape index (κ2) is 9.29. The normalized spacial score (nSPS) is 22.7. The SMILES string of the molecule is COc1ccc(-c2ccc(C)c(C(=O)O)n2)c(C)c1[C@H]1C2=C(CC3(CCC3)CC2=O)OC2=C1C(=O)N(C)C(C)(C)C2. The van der Waals surface area contributed by atoms with E-state index in [-0.39, 0.29) is 22.8 Å². The molecule has 0 saturated heterocycles. The smallest absolute Gasteiger partial charge is 0.354 e. The van der Waals surface area contributed by atoms with Crippen LogP contribution in [0.1, 0.15) is 85.5 Å². The lowest BCUT2D eigenvalue weighted by atomic mass is 9.58. The van der Waals surface area contributed by atoms with E-state index in [2.05, 4.69) is 4.98 Å². The minimum Gasteiger partial charge on any atom is -0.496 e. The molecule has 1 spiro atoms. The highest BCUT2D eigenvalue weighted by molar-refractivity contribution is 6.06. The van der Waals surface area contributed by atoms with Crippen LogP contribution in [0.25, 0.3) is 11.3 Å². The number of aromatic carboxylic acids is 1. The van der Waals surface area contributed by atoms with Gasteiger partial charge >= 0.3 is 5.97 Å². The predicted molar refractivity (Wildman–Crippen MR) is 153 cm³/mol. The standard InChI is InChI=1S/C33H36N2O6/c1-17-8-10-20(34-29(17)31(38)39)19-9-11-22(40-6)25(18(19)2)28-26-21(36)14-33(12-7-13-33)16-24(26)41-23-15-32(3,4)35(5)30(37)27(23)28/h8-11,28H,7,12-16H2,1-6H3,(H,38,39)/t28-/m0/s1. The van der Waals surface area contributed by atoms with Crippen molar-refractivity contribution in [2.24, 2.45) is 5.41 Å². The van der Waals surface area contributed by atoms with Crippen molar-refractivity contribution >= 4 is 17.7 Å². The van der Waals surface area contributed by atoms with Gasteiger partial charge in [-0.15, -0.1) is 0 Å². The van der Waals surface area contributed by atoms with Gasteiger partial charge in [0.25, 0.3) is 5.91 Å². The highest BCUT2D eigenvalue weighted by Crippen LogP contribution is 2.58. The average Bonchev–Trinajstić information content (AvgIpc) is 2.89. The molecule has 1 saturated carbocycles. The van der Waals surface area contributed by atoms with Gasteiger partial charge in [-0.2, -0.15) is 0 Å². The first kappa shape index (κ1) is 27.2. The number of carboxylic acids is 1. The number of aryl methyl sites for hydroxylation is 1. The molecule has 8 nitrogen and oxygen atoms in total. The maximum absolute atomic E-state index is 14.1. The van der Waals surface area contributed by atoms with E-state index in [1.807, 2.05) is 32.9 Å². The van der Waals surface area contributed by atoms with E-state index in [0.29, 0.717) is 64.5 Å². The topological polar surface area (TPSA) is 106 Å². The van der Waals surface area contributed by atoms with Crippen molar-refractivity contribution in [2.75, 3.05) is 14.2 Å². The van der Waals surface area contributed by atoms with Crippen LogP contribution in [-0.2, 0) is 14.3 Å². The zero-order valence-electron chi connectivity index (χ0n) is 24.5. The highest BCUT2D eigenvalue weighted by Gasteiger charge is 2.53. The van der Waals surface area contributed by atoms with Crippen LogP contribution in [0.2, 0.25) is 0 Å². The summed E-state index contributed by atoms with van der Waals surface area (Å²) in [5, 5.41) is 9.71. The summed E-state index contributed by atoms with van der Waals surface area (Å²) in [7, 11) is 3.38. The van der Waals surface area contributed by atoms with E-state index in [1.54, 1.807) is 38.1 Å². The average molecular weight is 557 g/mol. The number of amides is 1. The third kappa shape index (κ3) is 4.10. The number of carbonyl (C=O) groups excluding carboxylic acids is 2. The molecule has 1 N–H and O–H groups in total. The summed E-state index contributed by atoms with van der Waals surface area (Å²) in [6.45, 7) is 7.68. The number of rotatable bonds is 4. The van der Waals surface area contributed by atoms with Crippen LogP contribution in [0.5, 0.6) is 5.75 Å². The molecule has 0 radical (unpaired) electrons. The van der Waals surface area contributed by atoms with Gasteiger partial charge in [0.1, 0.15) is 17.3 Å². The van der Waals surface area contributed by atoms with Crippen molar-refractivity contribution < 1.29 is 29.0 Å². The van der Waals surface area contributed by atoms with Crippen LogP contribution in [0.4, 0.5) is 0 Å². The van der Waals surface area contributed by atoms with Crippen LogP contribution in [0.3, 0.4) is 0 Å². The molecule has 1 atom stereocenters. The number of allylic oxidation sites excluding steroid dienone is 2. The molecule has 3 heterocycles. The second-order valence-electron chi connectivity index (χ2n) is 12.7. The molecule has 1 fully saturated rings. The van der Waals surface area contributed by atoms with Crippen LogP contribution in [-0.4, -0.2) is 52.3 Å². The first-order valence-corrected chi connectivity index (χ1v) is 14.2. The number of hydrogen-bond acceptors (Lipinski definition) is 6. The Bertz CT molecular complexity index is 1590. The van der Waals surface area contributed by atoms with Gasteiger partial charge in [-0.3, -0.25) is 9.59 Å². The summed E-state index contributed by atoms with van der Waals surface area (Å²) >= 11 is 0. The lowest BCUT2D eigenvalue weighted by Crippen LogP contribution is -2.52. The Morgan fingerprint density at radius 1 is 1.05 bits per heavy atom. The molecular formula is C33H36N2O6. The van der Waals surface area contributed by atoms with Gasteiger partial charge in [0, 0.05) is 48.5 Å². The maximum Gasteiger partial charge on any atom is 0.354 e. The minimum atomic E-state index is -1.10. The molecule has 41 heavy (non-hydrogen) atoms. The van der Waals surface area contributed by atoms with Crippen molar-refractivity contribution in [3.05, 3.63) is 69.3 Å². The van der Waals surface area contributed by atoms with Gasteiger partial charge in [0.2, 0.25) is 0 Å². The molecule has 8 heteroatoms. The molecule has 0 unspecified atom stereocenters. The molecule has 2 aliphatic heterocycles. The molecular weight excluding hydrogens is 520 g/mol. The van der Waals surface area contributed by atoms with Gasteiger partial charge in [-0.25, -0.2) is 9.78 Å². The molecule has 1 aromatic heterocycles. The lowest BCUT2D eigenvalue weighted by Gasteiger charge is -2.50. The van der Waals surface area contributed by atoms with E-state index in [9.17, 15) is 19.5 Å². The molecule has 0 bridgehead atoms. The quantitative estimate of drug-likeness (QED) is 0.502. The Morgan fingerprint density at radius 2 is 1.76 bits per heavy atom. The minimum absolute atomic E-state index is 0.0140. The number of ether oxygens (including phenoxy) is 2. The van der Waals surface area contributed by atoms with E-state index in [4.69, 9.17) is 9.47 Å². The first-order chi connectivity index (χ1) is 19.4. The molecule has 1 aromatic carbocycles. The summed E-state index contributed by atoms with van der Waals surface area (Å²) in [4.78, 5) is 46.2. The highest BCUT2D eigenvalue weighted by atomic mass is 16.5. The van der Waals surface area contributed by atoms with E-state index in [1.165, 1.54) is 0 Å². The lowest BCUT2D eigenvalue weighted by molar-refractivity contribution is -0.133. The Labute approximate surface area is 240 Å². The Hall–Kier alpha value is -3.94. The number of aromatic nitrogens is 1. The summed E-state index contributed by atoms with van der Waals surface area (Å²) in [6.07, 6.45) is 4.79. The van der Waals surface area contributed by atoms with Crippen molar-refractivity contribution in [3.8, 4) is 17.0 Å². The molecule has 6 rings (SSSR count). The van der Waals surface area contributed by atoms with Crippen molar-refractivity contribution in [1.82, 2.24) is 9.88 Å². The third-order valence-electron chi connectivity index (χ3n) is 9.81. The van der Waals surface area contributed by atoms with E-state index < -0.39 is 17.4 Å². The van der Waals surface area contributed by atoms with Crippen molar-refractivity contribution in [2.45, 2.75) is 77.7 Å². The van der Waals surface area contributed by atoms with Gasteiger partial charge in [-0.1, -0.05) is 12.5 Å². The van der Waals surface area contributed by atoms with E-state index in [0.717, 1.165) is 30.4 Å². The van der Waals surface area contributed by atoms with Gasteiger partial charge in [0.05, 0.1) is 24.3 Å². The third-order valence-corrected chi connectivity index (χ3v) is 9.81. The molecule has 2 aliphatic carbocycles. The Kier molecular flexibility index (Phi) is 6.17. The van der Waals surface area contributed by atoms with Gasteiger partial charge < -0.3 is 19.5 Å². The fourth-order valence-corrected chi connectivity index (χ4v) is 7.09. The summed E-state index contributed by atoms with van der Waals surface area (Å²) in [6, 6.07) is 7.22. The number of benzene rings is 1. The molecule has 1 amide bonds. The number of nitrogens with zero attached hydrogens (tertiary/aromatic N) is 2. The number of likely N-dealkylation sites (N-methyl/N-ethyl adjacent to an activating group) is 1. The van der Waals surface area contributed by atoms with Crippen LogP contribution in [0.15, 0.2) is 46.9 Å². The predicted octanol–water partition coefficient (Wildman–Crippen LogP) is 5.87. The number of carbonyl (C=O) groups is 3. The fourth-order valence-electron chi connectivity index (χ4n) is 7.09. The van der Waals surface area contributed by atoms with Crippen LogP contribution in [0, 0.1) is 19.3 Å². The number of carboxylic acid groups (broad SMARTS) is 1. The maximum atomic E-state index is 14.1. The number of methoxy groups -OCH3 is 1. The van der Waals surface area contributed by atoms with Crippen molar-refractivity contribution in [1.29, 1.82) is 0 Å². The first-order valence-electron chi connectivity index (χ1n) is 14.2. The Balaban J connectivity index is 1.60. The number of ketones is 1. The Morgan fingerprint density at radius 3 is 2.39 bits per heavy atom. The van der Waals surface area contributed by atoms with Crippen LogP contribution < -0.4 is 4.74 Å². The zero-order chi connectivity index (χ0) is 29.4. The van der Waals surface area contributed by atoms with Gasteiger partial charge in [-0.05, 0) is 75.3 Å². The van der Waals surface area contributed by atoms with E-state index >= 15 is 0 Å². The summed E-state index contributed by atoms with van der Waals surface area (Å²) < 4.78 is 12.4. The molecule has 2 aromatic rings. The second-order valence-corrected chi connectivity index (χ2v) is 12.7. The largest absolute Gasteiger partial charge is 0.496 e. The summed E-state index contributed by atoms with van der Waals surface area (Å²) in [5.74, 6) is -0.0375. The zero-order valence-corrected chi connectivity index (χ0v) is 24.5. The monoisotopic (exact) mass is 556 g/mol. The number of pyridine rings is 1. The number of hydrogen-bond donors (Lipinski definition) is 1.